The molecule has 3 heterocycles. The Hall–Kier alpha value is -1.73. The van der Waals surface area contributed by atoms with Crippen LogP contribution in [0.25, 0.3) is 10.2 Å². The van der Waals surface area contributed by atoms with Gasteiger partial charge in [-0.1, -0.05) is 0 Å². The molecule has 122 valence electrons. The number of fused-ring (bicyclic) bond motifs is 3. The highest BCUT2D eigenvalue weighted by molar-refractivity contribution is 7.99. The Kier molecular flexibility index (Phi) is 3.45. The fourth-order valence-corrected chi connectivity index (χ4v) is 5.39. The van der Waals surface area contributed by atoms with Crippen molar-refractivity contribution in [1.82, 2.24) is 19.9 Å². The first kappa shape index (κ1) is 14.6. The van der Waals surface area contributed by atoms with E-state index in [-0.39, 0.29) is 0 Å². The van der Waals surface area contributed by atoms with E-state index >= 15 is 0 Å². The van der Waals surface area contributed by atoms with Gasteiger partial charge >= 0.3 is 0 Å². The van der Waals surface area contributed by atoms with Crippen LogP contribution < -0.4 is 5.73 Å². The van der Waals surface area contributed by atoms with Gasteiger partial charge in [-0.2, -0.15) is 0 Å². The van der Waals surface area contributed by atoms with Crippen LogP contribution in [0.15, 0.2) is 22.6 Å². The number of nitrogens with two attached hydrogens (primary N) is 1. The molecule has 3 aromatic heterocycles. The molecule has 0 unspecified atom stereocenters. The molecule has 0 aromatic carbocycles. The molecule has 2 aliphatic rings. The Labute approximate surface area is 148 Å². The first-order valence-electron chi connectivity index (χ1n) is 8.35. The van der Waals surface area contributed by atoms with Crippen LogP contribution in [0.5, 0.6) is 0 Å². The number of nitrogen functional groups attached to an aromatic ring is 1. The average Bonchev–Trinajstić information content (AvgIpc) is 3.36. The average molecular weight is 355 g/mol. The van der Waals surface area contributed by atoms with Gasteiger partial charge in [0.1, 0.15) is 22.0 Å². The van der Waals surface area contributed by atoms with E-state index in [0.29, 0.717) is 16.9 Å². The number of rotatable bonds is 3. The maximum atomic E-state index is 6.28. The molecule has 5 nitrogen and oxygen atoms in total. The van der Waals surface area contributed by atoms with Crippen molar-refractivity contribution in [2.45, 2.75) is 54.6 Å². The highest BCUT2D eigenvalue weighted by Gasteiger charge is 2.25. The van der Waals surface area contributed by atoms with E-state index in [4.69, 9.17) is 10.7 Å². The summed E-state index contributed by atoms with van der Waals surface area (Å²) in [5.41, 5.74) is 8.79. The number of nitrogens with zero attached hydrogens (tertiary/aromatic N) is 4. The van der Waals surface area contributed by atoms with Gasteiger partial charge in [0.2, 0.25) is 0 Å². The van der Waals surface area contributed by atoms with Crippen LogP contribution in [0.2, 0.25) is 0 Å². The Morgan fingerprint density at radius 2 is 2.00 bits per heavy atom. The molecule has 3 aromatic rings. The summed E-state index contributed by atoms with van der Waals surface area (Å²) in [6.07, 6.45) is 8.86. The molecule has 0 radical (unpaired) electrons. The zero-order valence-electron chi connectivity index (χ0n) is 13.2. The van der Waals surface area contributed by atoms with Crippen LogP contribution >= 0.6 is 23.1 Å². The summed E-state index contributed by atoms with van der Waals surface area (Å²) in [5.74, 6) is 1.23. The van der Waals surface area contributed by atoms with Gasteiger partial charge in [-0.25, -0.2) is 19.9 Å². The standard InChI is InChI=1S/C17H17N5S2/c18-15-14-10-3-1-2-4-12(10)23-16(14)22-17(21-15)24-13-7-11(9-5-6-9)19-8-20-13/h7-9H,1-6H2,(H2,18,21,22). The molecule has 0 saturated heterocycles. The van der Waals surface area contributed by atoms with E-state index in [9.17, 15) is 0 Å². The molecule has 1 saturated carbocycles. The van der Waals surface area contributed by atoms with Crippen molar-refractivity contribution in [1.29, 1.82) is 0 Å². The first-order chi connectivity index (χ1) is 11.8. The minimum absolute atomic E-state index is 0.610. The second-order valence-electron chi connectivity index (χ2n) is 6.44. The highest BCUT2D eigenvalue weighted by Crippen LogP contribution is 2.41. The maximum absolute atomic E-state index is 6.28. The minimum Gasteiger partial charge on any atom is -0.383 e. The smallest absolute Gasteiger partial charge is 0.197 e. The normalized spacial score (nSPS) is 17.2. The van der Waals surface area contributed by atoms with Crippen molar-refractivity contribution >= 4 is 39.1 Å². The summed E-state index contributed by atoms with van der Waals surface area (Å²) >= 11 is 3.25. The summed E-state index contributed by atoms with van der Waals surface area (Å²) in [4.78, 5) is 20.5. The van der Waals surface area contributed by atoms with Crippen molar-refractivity contribution in [2.24, 2.45) is 0 Å². The van der Waals surface area contributed by atoms with E-state index in [2.05, 4.69) is 21.0 Å². The third kappa shape index (κ3) is 2.56. The van der Waals surface area contributed by atoms with Crippen LogP contribution in [0.1, 0.15) is 47.7 Å². The van der Waals surface area contributed by atoms with E-state index in [1.54, 1.807) is 17.7 Å². The maximum Gasteiger partial charge on any atom is 0.197 e. The van der Waals surface area contributed by atoms with E-state index < -0.39 is 0 Å². The van der Waals surface area contributed by atoms with E-state index in [1.807, 2.05) is 0 Å². The van der Waals surface area contributed by atoms with Crippen molar-refractivity contribution in [2.75, 3.05) is 5.73 Å². The second-order valence-corrected chi connectivity index (χ2v) is 8.51. The van der Waals surface area contributed by atoms with Crippen LogP contribution in [0.4, 0.5) is 5.82 Å². The van der Waals surface area contributed by atoms with Gasteiger partial charge in [-0.15, -0.1) is 11.3 Å². The van der Waals surface area contributed by atoms with Gasteiger partial charge in [0.15, 0.2) is 5.16 Å². The van der Waals surface area contributed by atoms with Gasteiger partial charge < -0.3 is 5.73 Å². The lowest BCUT2D eigenvalue weighted by Crippen LogP contribution is -2.01. The zero-order valence-corrected chi connectivity index (χ0v) is 14.8. The van der Waals surface area contributed by atoms with Crippen molar-refractivity contribution in [3.05, 3.63) is 28.5 Å². The first-order valence-corrected chi connectivity index (χ1v) is 9.99. The predicted molar refractivity (Wildman–Crippen MR) is 96.6 cm³/mol. The molecule has 0 atom stereocenters. The number of hydrogen-bond donors (Lipinski definition) is 1. The molecule has 24 heavy (non-hydrogen) atoms. The lowest BCUT2D eigenvalue weighted by atomic mass is 9.97. The fourth-order valence-electron chi connectivity index (χ4n) is 3.32. The number of aryl methyl sites for hydroxylation is 2. The molecule has 5 rings (SSSR count). The lowest BCUT2D eigenvalue weighted by molar-refractivity contribution is 0.700. The fraction of sp³-hybridized carbons (Fsp3) is 0.412. The number of aromatic nitrogens is 4. The summed E-state index contributed by atoms with van der Waals surface area (Å²) in [5, 5.41) is 2.66. The summed E-state index contributed by atoms with van der Waals surface area (Å²) in [6, 6.07) is 2.06. The molecular weight excluding hydrogens is 338 g/mol. The summed E-state index contributed by atoms with van der Waals surface area (Å²) < 4.78 is 0. The van der Waals surface area contributed by atoms with E-state index in [1.165, 1.54) is 47.9 Å². The summed E-state index contributed by atoms with van der Waals surface area (Å²) in [7, 11) is 0. The third-order valence-corrected chi connectivity index (χ3v) is 6.66. The Balaban J connectivity index is 1.52. The van der Waals surface area contributed by atoms with Gasteiger partial charge in [-0.05, 0) is 61.9 Å². The molecule has 0 aliphatic heterocycles. The monoisotopic (exact) mass is 355 g/mol. The quantitative estimate of drug-likeness (QED) is 0.566. The van der Waals surface area contributed by atoms with Crippen LogP contribution in [-0.2, 0) is 12.8 Å². The largest absolute Gasteiger partial charge is 0.383 e. The summed E-state index contributed by atoms with van der Waals surface area (Å²) in [6.45, 7) is 0. The Morgan fingerprint density at radius 1 is 1.12 bits per heavy atom. The lowest BCUT2D eigenvalue weighted by Gasteiger charge is -2.10. The SMILES string of the molecule is Nc1nc(Sc2cc(C3CC3)ncn2)nc2sc3c(c12)CCCC3. The highest BCUT2D eigenvalue weighted by atomic mass is 32.2. The van der Waals surface area contributed by atoms with Crippen molar-refractivity contribution < 1.29 is 0 Å². The number of hydrogen-bond acceptors (Lipinski definition) is 7. The predicted octanol–water partition coefficient (Wildman–Crippen LogP) is 3.97. The molecule has 0 bridgehead atoms. The molecule has 1 fully saturated rings. The third-order valence-electron chi connectivity index (χ3n) is 4.68. The van der Waals surface area contributed by atoms with Crippen LogP contribution in [-0.4, -0.2) is 19.9 Å². The van der Waals surface area contributed by atoms with Gasteiger partial charge in [-0.3, -0.25) is 0 Å². The van der Waals surface area contributed by atoms with Gasteiger partial charge in [0.25, 0.3) is 0 Å². The zero-order chi connectivity index (χ0) is 16.1. The topological polar surface area (TPSA) is 77.6 Å². The van der Waals surface area contributed by atoms with Gasteiger partial charge in [0.05, 0.1) is 5.39 Å². The molecule has 0 spiro atoms. The van der Waals surface area contributed by atoms with Crippen LogP contribution in [0, 0.1) is 0 Å². The van der Waals surface area contributed by atoms with Crippen molar-refractivity contribution in [3.63, 3.8) is 0 Å². The molecule has 7 heteroatoms. The van der Waals surface area contributed by atoms with Crippen molar-refractivity contribution in [3.8, 4) is 0 Å². The Morgan fingerprint density at radius 3 is 2.88 bits per heavy atom. The molecular formula is C17H17N5S2. The molecule has 2 N–H and O–H groups in total. The molecule has 0 amide bonds. The van der Waals surface area contributed by atoms with E-state index in [0.717, 1.165) is 33.8 Å². The second kappa shape index (κ2) is 5.67. The molecule has 2 aliphatic carbocycles. The Bertz CT molecular complexity index is 932. The van der Waals surface area contributed by atoms with Gasteiger partial charge in [0, 0.05) is 16.5 Å². The minimum atomic E-state index is 0.610. The number of anilines is 1. The number of thiophene rings is 1. The van der Waals surface area contributed by atoms with Crippen LogP contribution in [0.3, 0.4) is 0 Å².